The molecule has 0 aliphatic carbocycles. The van der Waals surface area contributed by atoms with Gasteiger partial charge >= 0.3 is 5.97 Å². The van der Waals surface area contributed by atoms with Gasteiger partial charge in [0.2, 0.25) is 0 Å². The maximum absolute atomic E-state index is 13.8. The van der Waals surface area contributed by atoms with Crippen LogP contribution in [0.2, 0.25) is 0 Å². The number of ether oxygens (including phenoxy) is 2. The van der Waals surface area contributed by atoms with Gasteiger partial charge in [-0.1, -0.05) is 18.2 Å². The molecule has 0 saturated carbocycles. The third kappa shape index (κ3) is 5.57. The van der Waals surface area contributed by atoms with Crippen LogP contribution in [0.4, 0.5) is 5.69 Å². The number of rotatable bonds is 6. The number of hydrogen-bond acceptors (Lipinski definition) is 6. The average molecular weight is 479 g/mol. The van der Waals surface area contributed by atoms with Gasteiger partial charge in [-0.2, -0.15) is 0 Å². The minimum Gasteiger partial charge on any atom is -0.497 e. The van der Waals surface area contributed by atoms with Gasteiger partial charge in [-0.3, -0.25) is 9.59 Å². The number of likely N-dealkylation sites (N-methyl/N-ethyl adjacent to an activating group) is 1. The fraction of sp³-hybridized carbons (Fsp3) is 0.417. The maximum atomic E-state index is 13.8. The number of anilines is 1. The predicted octanol–water partition coefficient (Wildman–Crippen LogP) is 4.41. The number of fused-ring (bicyclic) bond motifs is 1. The zero-order valence-corrected chi connectivity index (χ0v) is 21.0. The Bertz CT molecular complexity index is 965. The van der Waals surface area contributed by atoms with Crippen molar-refractivity contribution < 1.29 is 19.1 Å². The molecule has 6 nitrogen and oxygen atoms in total. The molecule has 2 aromatic carbocycles. The Kier molecular flexibility index (Phi) is 9.01. The highest BCUT2D eigenvalue weighted by Gasteiger charge is 2.41. The van der Waals surface area contributed by atoms with Crippen LogP contribution in [-0.2, 0) is 14.3 Å². The van der Waals surface area contributed by atoms with Crippen molar-refractivity contribution in [2.45, 2.75) is 37.0 Å². The van der Waals surface area contributed by atoms with Crippen LogP contribution >= 0.6 is 24.2 Å². The average Bonchev–Trinajstić information content (AvgIpc) is 2.84. The highest BCUT2D eigenvalue weighted by atomic mass is 35.5. The summed E-state index contributed by atoms with van der Waals surface area (Å²) < 4.78 is 10.9. The highest BCUT2D eigenvalue weighted by Crippen LogP contribution is 2.48. The fourth-order valence-electron chi connectivity index (χ4n) is 3.65. The van der Waals surface area contributed by atoms with E-state index in [1.807, 2.05) is 57.1 Å². The molecule has 0 unspecified atom stereocenters. The molecule has 0 saturated heterocycles. The van der Waals surface area contributed by atoms with E-state index in [2.05, 4.69) is 12.1 Å². The second kappa shape index (κ2) is 11.1. The third-order valence-corrected chi connectivity index (χ3v) is 6.84. The number of hydrogen-bond donors (Lipinski definition) is 0. The number of methoxy groups -OCH3 is 1. The van der Waals surface area contributed by atoms with E-state index in [0.717, 1.165) is 33.0 Å². The van der Waals surface area contributed by atoms with Crippen molar-refractivity contribution in [3.8, 4) is 5.75 Å². The zero-order valence-electron chi connectivity index (χ0n) is 19.4. The summed E-state index contributed by atoms with van der Waals surface area (Å²) in [5.41, 5.74) is 4.00. The van der Waals surface area contributed by atoms with E-state index in [9.17, 15) is 9.59 Å². The third-order valence-electron chi connectivity index (χ3n) is 5.48. The molecule has 0 N–H and O–H groups in total. The number of halogens is 1. The monoisotopic (exact) mass is 478 g/mol. The van der Waals surface area contributed by atoms with E-state index in [-0.39, 0.29) is 23.6 Å². The smallest absolute Gasteiger partial charge is 0.303 e. The number of aryl methyl sites for hydroxylation is 1. The summed E-state index contributed by atoms with van der Waals surface area (Å²) in [6.45, 7) is 6.64. The second-order valence-electron chi connectivity index (χ2n) is 7.99. The Balaban J connectivity index is 0.00000363. The number of benzene rings is 2. The summed E-state index contributed by atoms with van der Waals surface area (Å²) >= 11 is 1.56. The van der Waals surface area contributed by atoms with Gasteiger partial charge in [0.05, 0.1) is 18.0 Å². The Morgan fingerprint density at radius 3 is 2.34 bits per heavy atom. The van der Waals surface area contributed by atoms with Gasteiger partial charge in [0, 0.05) is 24.9 Å². The van der Waals surface area contributed by atoms with E-state index in [0.29, 0.717) is 13.1 Å². The number of nitrogens with zero attached hydrogens (tertiary/aromatic N) is 2. The number of esters is 1. The van der Waals surface area contributed by atoms with Crippen LogP contribution in [0, 0.1) is 13.8 Å². The molecule has 174 valence electrons. The Morgan fingerprint density at radius 2 is 1.78 bits per heavy atom. The molecule has 0 spiro atoms. The molecule has 3 rings (SSSR count). The molecule has 2 atom stereocenters. The first-order valence-corrected chi connectivity index (χ1v) is 11.1. The predicted molar refractivity (Wildman–Crippen MR) is 131 cm³/mol. The van der Waals surface area contributed by atoms with Crippen LogP contribution < -0.4 is 9.64 Å². The molecule has 1 aliphatic rings. The first-order valence-electron chi connectivity index (χ1n) is 10.3. The lowest BCUT2D eigenvalue weighted by atomic mass is 10.0. The van der Waals surface area contributed by atoms with Crippen LogP contribution in [-0.4, -0.2) is 57.2 Å². The molecule has 1 aliphatic heterocycles. The van der Waals surface area contributed by atoms with Crippen molar-refractivity contribution in [1.82, 2.24) is 4.90 Å². The summed E-state index contributed by atoms with van der Waals surface area (Å²) in [6.07, 6.45) is -0.926. The zero-order chi connectivity index (χ0) is 22.7. The molecule has 0 fully saturated rings. The largest absolute Gasteiger partial charge is 0.497 e. The molecule has 0 aromatic heterocycles. The summed E-state index contributed by atoms with van der Waals surface area (Å²) in [7, 11) is 5.57. The van der Waals surface area contributed by atoms with Crippen LogP contribution in [0.15, 0.2) is 41.3 Å². The molecular formula is C24H31ClN2O4S. The molecule has 0 bridgehead atoms. The van der Waals surface area contributed by atoms with Gasteiger partial charge in [0.1, 0.15) is 5.75 Å². The van der Waals surface area contributed by atoms with E-state index < -0.39 is 12.1 Å². The van der Waals surface area contributed by atoms with Crippen LogP contribution in [0.1, 0.15) is 28.9 Å². The first-order chi connectivity index (χ1) is 14.7. The quantitative estimate of drug-likeness (QED) is 0.573. The fourth-order valence-corrected chi connectivity index (χ4v) is 5.03. The van der Waals surface area contributed by atoms with Crippen molar-refractivity contribution >= 4 is 41.7 Å². The Morgan fingerprint density at radius 1 is 1.12 bits per heavy atom. The summed E-state index contributed by atoms with van der Waals surface area (Å²) in [5, 5.41) is -0.368. The molecule has 1 heterocycles. The standard InChI is InChI=1S/C24H30N2O4S.ClH/c1-15-7-12-20-21(16(15)2)26(14-13-25(4)5)24(28)22(30-17(3)27)23(31-20)18-8-10-19(29-6)11-9-18;/h7-12,22-23H,13-14H2,1-6H3;1H/t22-,23+;/m1./s1. The summed E-state index contributed by atoms with van der Waals surface area (Å²) in [4.78, 5) is 30.6. The van der Waals surface area contributed by atoms with E-state index in [1.165, 1.54) is 6.92 Å². The van der Waals surface area contributed by atoms with Gasteiger partial charge in [-0.05, 0) is 62.8 Å². The molecule has 2 aromatic rings. The van der Waals surface area contributed by atoms with Gasteiger partial charge in [0.15, 0.2) is 6.10 Å². The summed E-state index contributed by atoms with van der Waals surface area (Å²) in [6, 6.07) is 11.7. The lowest BCUT2D eigenvalue weighted by Gasteiger charge is -2.29. The van der Waals surface area contributed by atoms with Crippen molar-refractivity contribution in [2.75, 3.05) is 39.2 Å². The van der Waals surface area contributed by atoms with Gasteiger partial charge < -0.3 is 19.3 Å². The molecular weight excluding hydrogens is 448 g/mol. The van der Waals surface area contributed by atoms with E-state index in [4.69, 9.17) is 9.47 Å². The lowest BCUT2D eigenvalue weighted by Crippen LogP contribution is -2.45. The lowest BCUT2D eigenvalue weighted by molar-refractivity contribution is -0.152. The van der Waals surface area contributed by atoms with Crippen molar-refractivity contribution in [1.29, 1.82) is 0 Å². The SMILES string of the molecule is COc1ccc([C@@H]2Sc3ccc(C)c(C)c3N(CCN(C)C)C(=O)[C@@H]2OC(C)=O)cc1.Cl. The Hall–Kier alpha value is -2.22. The van der Waals surface area contributed by atoms with Gasteiger partial charge in [-0.15, -0.1) is 24.2 Å². The van der Waals surface area contributed by atoms with Crippen LogP contribution in [0.25, 0.3) is 0 Å². The molecule has 32 heavy (non-hydrogen) atoms. The molecule has 1 amide bonds. The minimum absolute atomic E-state index is 0. The van der Waals surface area contributed by atoms with Gasteiger partial charge in [0.25, 0.3) is 5.91 Å². The highest BCUT2D eigenvalue weighted by molar-refractivity contribution is 7.99. The minimum atomic E-state index is -0.926. The van der Waals surface area contributed by atoms with Gasteiger partial charge in [-0.25, -0.2) is 0 Å². The Labute approximate surface area is 200 Å². The van der Waals surface area contributed by atoms with E-state index in [1.54, 1.807) is 23.8 Å². The first kappa shape index (κ1) is 26.0. The van der Waals surface area contributed by atoms with Crippen molar-refractivity contribution in [2.24, 2.45) is 0 Å². The molecule has 0 radical (unpaired) electrons. The van der Waals surface area contributed by atoms with Crippen molar-refractivity contribution in [3.63, 3.8) is 0 Å². The van der Waals surface area contributed by atoms with Crippen LogP contribution in [0.3, 0.4) is 0 Å². The number of amides is 1. The van der Waals surface area contributed by atoms with E-state index >= 15 is 0 Å². The summed E-state index contributed by atoms with van der Waals surface area (Å²) in [5.74, 6) is 0.0684. The topological polar surface area (TPSA) is 59.1 Å². The normalized spacial score (nSPS) is 18.0. The maximum Gasteiger partial charge on any atom is 0.303 e. The second-order valence-corrected chi connectivity index (χ2v) is 9.17. The molecule has 8 heteroatoms. The van der Waals surface area contributed by atoms with Crippen LogP contribution in [0.5, 0.6) is 5.75 Å². The number of carbonyl (C=O) groups excluding carboxylic acids is 2. The van der Waals surface area contributed by atoms with Crippen molar-refractivity contribution in [3.05, 3.63) is 53.1 Å². The number of carbonyl (C=O) groups is 2. The number of thioether (sulfide) groups is 1.